The van der Waals surface area contributed by atoms with E-state index in [1.807, 2.05) is 16.8 Å². The van der Waals surface area contributed by atoms with Crippen molar-refractivity contribution in [3.8, 4) is 5.69 Å². The molecule has 0 aliphatic heterocycles. The number of nitrogens with zero attached hydrogens (tertiary/aromatic N) is 2. The first-order valence-corrected chi connectivity index (χ1v) is 9.31. The highest BCUT2D eigenvalue weighted by Crippen LogP contribution is 2.22. The SMILES string of the molecule is Cc1ccc(-n2ccnc2SCC(=O)NNC(=O)c2ccoc2C)cc1C. The number of thioether (sulfide) groups is 1. The zero-order valence-corrected chi connectivity index (χ0v) is 16.1. The Kier molecular flexibility index (Phi) is 5.66. The van der Waals surface area contributed by atoms with E-state index in [2.05, 4.69) is 41.8 Å². The number of carbonyl (C=O) groups excluding carboxylic acids is 2. The van der Waals surface area contributed by atoms with E-state index in [1.54, 1.807) is 19.2 Å². The van der Waals surface area contributed by atoms with E-state index in [1.165, 1.54) is 29.2 Å². The van der Waals surface area contributed by atoms with Gasteiger partial charge in [-0.05, 0) is 50.1 Å². The lowest BCUT2D eigenvalue weighted by molar-refractivity contribution is -0.119. The minimum atomic E-state index is -0.420. The Hall–Kier alpha value is -3.00. The predicted molar refractivity (Wildman–Crippen MR) is 103 cm³/mol. The molecule has 0 fully saturated rings. The summed E-state index contributed by atoms with van der Waals surface area (Å²) in [4.78, 5) is 28.3. The van der Waals surface area contributed by atoms with Crippen molar-refractivity contribution in [2.75, 3.05) is 5.75 Å². The molecule has 0 saturated carbocycles. The van der Waals surface area contributed by atoms with E-state index < -0.39 is 5.91 Å². The molecule has 0 spiro atoms. The number of rotatable bonds is 5. The largest absolute Gasteiger partial charge is 0.469 e. The van der Waals surface area contributed by atoms with Crippen LogP contribution in [0.4, 0.5) is 0 Å². The second kappa shape index (κ2) is 8.13. The number of amides is 2. The number of hydrogen-bond acceptors (Lipinski definition) is 5. The molecule has 2 N–H and O–H groups in total. The van der Waals surface area contributed by atoms with Crippen molar-refractivity contribution in [3.63, 3.8) is 0 Å². The molecular weight excluding hydrogens is 364 g/mol. The van der Waals surface area contributed by atoms with Crippen LogP contribution in [0, 0.1) is 20.8 Å². The molecule has 7 nitrogen and oxygen atoms in total. The molecule has 27 heavy (non-hydrogen) atoms. The van der Waals surface area contributed by atoms with Crippen LogP contribution in [0.5, 0.6) is 0 Å². The maximum Gasteiger partial charge on any atom is 0.273 e. The third-order valence-corrected chi connectivity index (χ3v) is 5.09. The van der Waals surface area contributed by atoms with E-state index in [9.17, 15) is 9.59 Å². The van der Waals surface area contributed by atoms with E-state index >= 15 is 0 Å². The molecule has 2 aromatic heterocycles. The van der Waals surface area contributed by atoms with Crippen LogP contribution in [0.1, 0.15) is 27.2 Å². The zero-order chi connectivity index (χ0) is 19.4. The van der Waals surface area contributed by atoms with Gasteiger partial charge >= 0.3 is 0 Å². The van der Waals surface area contributed by atoms with Crippen LogP contribution in [0.25, 0.3) is 5.69 Å². The average molecular weight is 384 g/mol. The third-order valence-electron chi connectivity index (χ3n) is 4.13. The number of furan rings is 1. The molecular formula is C19H20N4O3S. The molecule has 1 aromatic carbocycles. The standard InChI is InChI=1S/C19H20N4O3S/c1-12-4-5-15(10-13(12)2)23-8-7-20-19(23)27-11-17(24)21-22-18(25)16-6-9-26-14(16)3/h4-10H,11H2,1-3H3,(H,21,24)(H,22,25). The normalized spacial score (nSPS) is 10.6. The molecule has 3 aromatic rings. The van der Waals surface area contributed by atoms with Crippen molar-refractivity contribution < 1.29 is 14.0 Å². The van der Waals surface area contributed by atoms with Gasteiger partial charge in [0, 0.05) is 18.1 Å². The van der Waals surface area contributed by atoms with Gasteiger partial charge in [-0.1, -0.05) is 17.8 Å². The van der Waals surface area contributed by atoms with Crippen molar-refractivity contribution in [2.45, 2.75) is 25.9 Å². The van der Waals surface area contributed by atoms with Crippen molar-refractivity contribution in [1.82, 2.24) is 20.4 Å². The molecule has 0 bridgehead atoms. The number of aryl methyl sites for hydroxylation is 3. The number of aromatic nitrogens is 2. The molecule has 2 amide bonds. The second-order valence-corrected chi connectivity index (χ2v) is 6.97. The first-order valence-electron chi connectivity index (χ1n) is 8.33. The van der Waals surface area contributed by atoms with Gasteiger partial charge in [0.2, 0.25) is 5.91 Å². The first-order chi connectivity index (χ1) is 13.0. The number of benzene rings is 1. The number of carbonyl (C=O) groups is 2. The van der Waals surface area contributed by atoms with Gasteiger partial charge in [-0.2, -0.15) is 0 Å². The second-order valence-electron chi connectivity index (χ2n) is 6.03. The van der Waals surface area contributed by atoms with Crippen molar-refractivity contribution >= 4 is 23.6 Å². The summed E-state index contributed by atoms with van der Waals surface area (Å²) < 4.78 is 7.00. The molecule has 0 unspecified atom stereocenters. The Morgan fingerprint density at radius 2 is 1.96 bits per heavy atom. The highest BCUT2D eigenvalue weighted by molar-refractivity contribution is 7.99. The number of hydrazine groups is 1. The van der Waals surface area contributed by atoms with Crippen molar-refractivity contribution in [1.29, 1.82) is 0 Å². The fraction of sp³-hybridized carbons (Fsp3) is 0.211. The smallest absolute Gasteiger partial charge is 0.273 e. The molecule has 0 atom stereocenters. The zero-order valence-electron chi connectivity index (χ0n) is 15.3. The molecule has 3 rings (SSSR count). The third kappa shape index (κ3) is 4.40. The van der Waals surface area contributed by atoms with Crippen LogP contribution in [0.15, 0.2) is 52.5 Å². The summed E-state index contributed by atoms with van der Waals surface area (Å²) >= 11 is 1.29. The minimum Gasteiger partial charge on any atom is -0.469 e. The molecule has 0 aliphatic rings. The summed E-state index contributed by atoms with van der Waals surface area (Å²) in [6, 6.07) is 7.70. The van der Waals surface area contributed by atoms with Gasteiger partial charge < -0.3 is 4.42 Å². The Balaban J connectivity index is 1.57. The van der Waals surface area contributed by atoms with Crippen LogP contribution in [-0.4, -0.2) is 27.1 Å². The van der Waals surface area contributed by atoms with Crippen LogP contribution in [0.3, 0.4) is 0 Å². The Labute approximate surface area is 161 Å². The number of hydrogen-bond donors (Lipinski definition) is 2. The highest BCUT2D eigenvalue weighted by Gasteiger charge is 2.13. The van der Waals surface area contributed by atoms with Crippen molar-refractivity contribution in [2.24, 2.45) is 0 Å². The quantitative estimate of drug-likeness (QED) is 0.521. The topological polar surface area (TPSA) is 89.2 Å². The number of imidazole rings is 1. The minimum absolute atomic E-state index is 0.118. The van der Waals surface area contributed by atoms with Gasteiger partial charge in [-0.15, -0.1) is 0 Å². The summed E-state index contributed by atoms with van der Waals surface area (Å²) in [7, 11) is 0. The van der Waals surface area contributed by atoms with Gasteiger partial charge in [0.05, 0.1) is 17.6 Å². The Morgan fingerprint density at radius 3 is 2.67 bits per heavy atom. The summed E-state index contributed by atoms with van der Waals surface area (Å²) in [5, 5.41) is 0.699. The fourth-order valence-electron chi connectivity index (χ4n) is 2.45. The predicted octanol–water partition coefficient (Wildman–Crippen LogP) is 2.94. The lowest BCUT2D eigenvalue weighted by atomic mass is 10.1. The molecule has 140 valence electrons. The molecule has 0 aliphatic carbocycles. The van der Waals surface area contributed by atoms with Crippen LogP contribution in [-0.2, 0) is 4.79 Å². The van der Waals surface area contributed by atoms with Crippen LogP contribution in [0.2, 0.25) is 0 Å². The highest BCUT2D eigenvalue weighted by atomic mass is 32.2. The van der Waals surface area contributed by atoms with E-state index in [4.69, 9.17) is 4.42 Å². The van der Waals surface area contributed by atoms with Gasteiger partial charge in [0.15, 0.2) is 5.16 Å². The molecule has 2 heterocycles. The molecule has 0 saturated heterocycles. The van der Waals surface area contributed by atoms with Gasteiger partial charge in [-0.3, -0.25) is 25.0 Å². The van der Waals surface area contributed by atoms with Crippen LogP contribution < -0.4 is 10.9 Å². The first kappa shape index (κ1) is 18.8. The van der Waals surface area contributed by atoms with E-state index in [0.717, 1.165) is 5.69 Å². The van der Waals surface area contributed by atoms with E-state index in [-0.39, 0.29) is 11.7 Å². The summed E-state index contributed by atoms with van der Waals surface area (Å²) in [5.74, 6) is -0.140. The summed E-state index contributed by atoms with van der Waals surface area (Å²) in [5.41, 5.74) is 8.55. The number of nitrogens with one attached hydrogen (secondary N) is 2. The summed E-state index contributed by atoms with van der Waals surface area (Å²) in [6.07, 6.45) is 4.97. The summed E-state index contributed by atoms with van der Waals surface area (Å²) in [6.45, 7) is 5.80. The van der Waals surface area contributed by atoms with Gasteiger partial charge in [-0.25, -0.2) is 4.98 Å². The maximum atomic E-state index is 12.0. The molecule has 8 heteroatoms. The van der Waals surface area contributed by atoms with Crippen LogP contribution >= 0.6 is 11.8 Å². The Morgan fingerprint density at radius 1 is 1.15 bits per heavy atom. The Bertz CT molecular complexity index is 977. The molecule has 0 radical (unpaired) electrons. The maximum absolute atomic E-state index is 12.0. The van der Waals surface area contributed by atoms with Gasteiger partial charge in [0.1, 0.15) is 5.76 Å². The van der Waals surface area contributed by atoms with E-state index in [0.29, 0.717) is 16.5 Å². The lowest BCUT2D eigenvalue weighted by Gasteiger charge is -2.10. The fourth-order valence-corrected chi connectivity index (χ4v) is 3.22. The monoisotopic (exact) mass is 384 g/mol. The average Bonchev–Trinajstić information content (AvgIpc) is 3.29. The van der Waals surface area contributed by atoms with Crippen molar-refractivity contribution in [3.05, 3.63) is 65.4 Å². The lowest BCUT2D eigenvalue weighted by Crippen LogP contribution is -2.42. The van der Waals surface area contributed by atoms with Gasteiger partial charge in [0.25, 0.3) is 5.91 Å².